The number of benzene rings is 1. The van der Waals surface area contributed by atoms with E-state index in [4.69, 9.17) is 4.74 Å². The molecule has 118 valence electrons. The van der Waals surface area contributed by atoms with Crippen molar-refractivity contribution in [1.82, 2.24) is 10.2 Å². The zero-order valence-electron chi connectivity index (χ0n) is 13.8. The second-order valence-electron chi connectivity index (χ2n) is 5.78. The van der Waals surface area contributed by atoms with Crippen molar-refractivity contribution < 1.29 is 4.74 Å². The van der Waals surface area contributed by atoms with Crippen molar-refractivity contribution in [1.29, 1.82) is 0 Å². The number of ether oxygens (including phenoxy) is 1. The molecule has 21 heavy (non-hydrogen) atoms. The van der Waals surface area contributed by atoms with Gasteiger partial charge in [-0.15, -0.1) is 0 Å². The van der Waals surface area contributed by atoms with Crippen LogP contribution in [-0.4, -0.2) is 37.2 Å². The molecule has 1 aliphatic heterocycles. The van der Waals surface area contributed by atoms with Crippen LogP contribution >= 0.6 is 0 Å². The average Bonchev–Trinajstić information content (AvgIpc) is 2.95. The third-order valence-corrected chi connectivity index (χ3v) is 4.43. The maximum atomic E-state index is 5.82. The number of para-hydroxylation sites is 1. The summed E-state index contributed by atoms with van der Waals surface area (Å²) in [5.41, 5.74) is 1.29. The van der Waals surface area contributed by atoms with E-state index in [0.717, 1.165) is 31.5 Å². The molecule has 2 unspecified atom stereocenters. The second-order valence-corrected chi connectivity index (χ2v) is 5.78. The topological polar surface area (TPSA) is 24.5 Å². The zero-order chi connectivity index (χ0) is 15.1. The molecule has 1 N–H and O–H groups in total. The lowest BCUT2D eigenvalue weighted by Gasteiger charge is -2.30. The third kappa shape index (κ3) is 4.21. The van der Waals surface area contributed by atoms with Crippen LogP contribution in [-0.2, 0) is 0 Å². The van der Waals surface area contributed by atoms with Crippen LogP contribution in [0.5, 0.6) is 5.75 Å². The first-order valence-electron chi connectivity index (χ1n) is 8.49. The highest BCUT2D eigenvalue weighted by molar-refractivity contribution is 5.36. The molecule has 3 nitrogen and oxygen atoms in total. The maximum Gasteiger partial charge on any atom is 0.124 e. The van der Waals surface area contributed by atoms with Gasteiger partial charge in [-0.05, 0) is 45.3 Å². The highest BCUT2D eigenvalue weighted by Crippen LogP contribution is 2.29. The summed E-state index contributed by atoms with van der Waals surface area (Å²) in [6, 6.07) is 9.57. The molecule has 2 atom stereocenters. The van der Waals surface area contributed by atoms with Crippen molar-refractivity contribution >= 4 is 0 Å². The standard InChI is InChI=1S/C18H30N2O/c1-4-15-10-9-13-20(15)14-17(19-5-2)16-11-7-8-12-18(16)21-6-3/h7-8,11-12,15,17,19H,4-6,9-10,13-14H2,1-3H3. The highest BCUT2D eigenvalue weighted by atomic mass is 16.5. The zero-order valence-corrected chi connectivity index (χ0v) is 13.8. The van der Waals surface area contributed by atoms with Gasteiger partial charge in [0.2, 0.25) is 0 Å². The maximum absolute atomic E-state index is 5.82. The minimum atomic E-state index is 0.352. The van der Waals surface area contributed by atoms with E-state index >= 15 is 0 Å². The Bertz CT molecular complexity index is 421. The predicted octanol–water partition coefficient (Wildman–Crippen LogP) is 3.61. The number of likely N-dealkylation sites (N-methyl/N-ethyl adjacent to an activating group) is 1. The van der Waals surface area contributed by atoms with Gasteiger partial charge in [0.1, 0.15) is 5.75 Å². The first-order chi connectivity index (χ1) is 10.3. The lowest BCUT2D eigenvalue weighted by molar-refractivity contribution is 0.219. The molecule has 1 saturated heterocycles. The Kier molecular flexibility index (Phi) is 6.52. The Balaban J connectivity index is 2.14. The van der Waals surface area contributed by atoms with Gasteiger partial charge in [0.15, 0.2) is 0 Å². The minimum absolute atomic E-state index is 0.352. The average molecular weight is 290 g/mol. The smallest absolute Gasteiger partial charge is 0.124 e. The second kappa shape index (κ2) is 8.40. The monoisotopic (exact) mass is 290 g/mol. The molecule has 0 amide bonds. The van der Waals surface area contributed by atoms with Crippen molar-refractivity contribution in [2.75, 3.05) is 26.2 Å². The van der Waals surface area contributed by atoms with Gasteiger partial charge in [0, 0.05) is 24.2 Å². The van der Waals surface area contributed by atoms with Gasteiger partial charge in [-0.1, -0.05) is 32.0 Å². The normalized spacial score (nSPS) is 20.6. The molecular weight excluding hydrogens is 260 g/mol. The van der Waals surface area contributed by atoms with Crippen LogP contribution in [0.2, 0.25) is 0 Å². The largest absolute Gasteiger partial charge is 0.494 e. The van der Waals surface area contributed by atoms with Crippen LogP contribution in [0.25, 0.3) is 0 Å². The number of hydrogen-bond donors (Lipinski definition) is 1. The molecule has 1 fully saturated rings. The van der Waals surface area contributed by atoms with E-state index in [1.807, 2.05) is 6.92 Å². The summed E-state index contributed by atoms with van der Waals surface area (Å²) in [4.78, 5) is 2.65. The van der Waals surface area contributed by atoms with Crippen LogP contribution in [0.3, 0.4) is 0 Å². The van der Waals surface area contributed by atoms with E-state index in [2.05, 4.69) is 48.3 Å². The van der Waals surface area contributed by atoms with Crippen molar-refractivity contribution in [3.63, 3.8) is 0 Å². The van der Waals surface area contributed by atoms with Crippen molar-refractivity contribution in [2.24, 2.45) is 0 Å². The van der Waals surface area contributed by atoms with Crippen LogP contribution < -0.4 is 10.1 Å². The minimum Gasteiger partial charge on any atom is -0.494 e. The molecule has 0 aliphatic carbocycles. The summed E-state index contributed by atoms with van der Waals surface area (Å²) in [6.45, 7) is 10.5. The fourth-order valence-electron chi connectivity index (χ4n) is 3.41. The Morgan fingerprint density at radius 2 is 2.10 bits per heavy atom. The van der Waals surface area contributed by atoms with Gasteiger partial charge in [-0.2, -0.15) is 0 Å². The van der Waals surface area contributed by atoms with E-state index in [9.17, 15) is 0 Å². The number of nitrogens with one attached hydrogen (secondary N) is 1. The molecule has 0 spiro atoms. The van der Waals surface area contributed by atoms with Gasteiger partial charge in [-0.3, -0.25) is 4.90 Å². The van der Waals surface area contributed by atoms with E-state index < -0.39 is 0 Å². The van der Waals surface area contributed by atoms with Gasteiger partial charge in [-0.25, -0.2) is 0 Å². The van der Waals surface area contributed by atoms with Crippen LogP contribution in [0, 0.1) is 0 Å². The lowest BCUT2D eigenvalue weighted by atomic mass is 10.0. The quantitative estimate of drug-likeness (QED) is 0.791. The van der Waals surface area contributed by atoms with E-state index in [1.54, 1.807) is 0 Å². The first kappa shape index (κ1) is 16.3. The number of nitrogens with zero attached hydrogens (tertiary/aromatic N) is 1. The lowest BCUT2D eigenvalue weighted by Crippen LogP contribution is -2.38. The Morgan fingerprint density at radius 3 is 2.81 bits per heavy atom. The van der Waals surface area contributed by atoms with Gasteiger partial charge in [0.05, 0.1) is 6.61 Å². The third-order valence-electron chi connectivity index (χ3n) is 4.43. The van der Waals surface area contributed by atoms with Crippen molar-refractivity contribution in [2.45, 2.75) is 52.1 Å². The molecular formula is C18H30N2O. The van der Waals surface area contributed by atoms with Gasteiger partial charge >= 0.3 is 0 Å². The molecule has 1 aromatic rings. The van der Waals surface area contributed by atoms with Crippen molar-refractivity contribution in [3.8, 4) is 5.75 Å². The molecule has 3 heteroatoms. The highest BCUT2D eigenvalue weighted by Gasteiger charge is 2.26. The molecule has 0 bridgehead atoms. The fourth-order valence-corrected chi connectivity index (χ4v) is 3.41. The molecule has 2 rings (SSSR count). The molecule has 0 saturated carbocycles. The summed E-state index contributed by atoms with van der Waals surface area (Å²) >= 11 is 0. The molecule has 1 aromatic carbocycles. The Morgan fingerprint density at radius 1 is 1.29 bits per heavy atom. The van der Waals surface area contributed by atoms with Crippen LogP contribution in [0.4, 0.5) is 0 Å². The van der Waals surface area contributed by atoms with E-state index in [1.165, 1.54) is 31.4 Å². The number of likely N-dealkylation sites (tertiary alicyclic amines) is 1. The van der Waals surface area contributed by atoms with E-state index in [-0.39, 0.29) is 0 Å². The Hall–Kier alpha value is -1.06. The summed E-state index contributed by atoms with van der Waals surface area (Å²) < 4.78 is 5.82. The summed E-state index contributed by atoms with van der Waals surface area (Å²) in [7, 11) is 0. The molecule has 1 heterocycles. The number of rotatable bonds is 8. The van der Waals surface area contributed by atoms with Gasteiger partial charge in [0.25, 0.3) is 0 Å². The summed E-state index contributed by atoms with van der Waals surface area (Å²) in [5, 5.41) is 3.65. The van der Waals surface area contributed by atoms with Crippen molar-refractivity contribution in [3.05, 3.63) is 29.8 Å². The summed E-state index contributed by atoms with van der Waals surface area (Å²) in [6.07, 6.45) is 3.94. The number of hydrogen-bond acceptors (Lipinski definition) is 3. The van der Waals surface area contributed by atoms with E-state index in [0.29, 0.717) is 6.04 Å². The van der Waals surface area contributed by atoms with Crippen LogP contribution in [0.15, 0.2) is 24.3 Å². The first-order valence-corrected chi connectivity index (χ1v) is 8.49. The van der Waals surface area contributed by atoms with Gasteiger partial charge < -0.3 is 10.1 Å². The molecule has 1 aliphatic rings. The predicted molar refractivity (Wildman–Crippen MR) is 88.9 cm³/mol. The fraction of sp³-hybridized carbons (Fsp3) is 0.667. The molecule has 0 radical (unpaired) electrons. The molecule has 0 aromatic heterocycles. The Labute approximate surface area is 129 Å². The van der Waals surface area contributed by atoms with Crippen LogP contribution in [0.1, 0.15) is 51.6 Å². The SMILES string of the molecule is CCNC(CN1CCCC1CC)c1ccccc1OCC. The summed E-state index contributed by atoms with van der Waals surface area (Å²) in [5.74, 6) is 1.03.